The van der Waals surface area contributed by atoms with Gasteiger partial charge in [-0.25, -0.2) is 0 Å². The second kappa shape index (κ2) is 5.99. The van der Waals surface area contributed by atoms with E-state index in [1.165, 1.54) is 0 Å². The number of amides is 1. The molecular formula is C11H12ClN3O. The topological polar surface area (TPSA) is 64.9 Å². The van der Waals surface area contributed by atoms with Crippen molar-refractivity contribution in [2.75, 3.05) is 5.32 Å². The highest BCUT2D eigenvalue weighted by Crippen LogP contribution is 2.21. The molecule has 1 amide bonds. The summed E-state index contributed by atoms with van der Waals surface area (Å²) >= 11 is 5.95. The fourth-order valence-corrected chi connectivity index (χ4v) is 1.41. The molecule has 0 bridgehead atoms. The van der Waals surface area contributed by atoms with Gasteiger partial charge in [0.25, 0.3) is 0 Å². The predicted molar refractivity (Wildman–Crippen MR) is 63.1 cm³/mol. The molecule has 1 aromatic carbocycles. The van der Waals surface area contributed by atoms with Crippen molar-refractivity contribution < 1.29 is 4.79 Å². The van der Waals surface area contributed by atoms with Crippen LogP contribution < -0.4 is 10.6 Å². The highest BCUT2D eigenvalue weighted by molar-refractivity contribution is 6.33. The van der Waals surface area contributed by atoms with Gasteiger partial charge >= 0.3 is 0 Å². The Hall–Kier alpha value is -1.73. The summed E-state index contributed by atoms with van der Waals surface area (Å²) in [4.78, 5) is 10.3. The summed E-state index contributed by atoms with van der Waals surface area (Å²) in [6.45, 7) is 1.74. The van der Waals surface area contributed by atoms with Crippen molar-refractivity contribution in [3.05, 3.63) is 29.3 Å². The number of hydrogen-bond acceptors (Lipinski definition) is 3. The van der Waals surface area contributed by atoms with Crippen molar-refractivity contribution in [1.29, 1.82) is 5.26 Å². The van der Waals surface area contributed by atoms with E-state index in [4.69, 9.17) is 16.9 Å². The minimum atomic E-state index is -0.523. The number of para-hydroxylation sites is 1. The first-order valence-electron chi connectivity index (χ1n) is 4.79. The van der Waals surface area contributed by atoms with Gasteiger partial charge in [-0.2, -0.15) is 5.26 Å². The Bertz CT molecular complexity index is 402. The number of hydrogen-bond donors (Lipinski definition) is 2. The Kier molecular flexibility index (Phi) is 4.62. The molecule has 0 aromatic heterocycles. The molecule has 1 aromatic rings. The zero-order valence-electron chi connectivity index (χ0n) is 8.77. The number of nitrogens with zero attached hydrogens (tertiary/aromatic N) is 1. The maximum absolute atomic E-state index is 10.3. The Balaban J connectivity index is 2.75. The monoisotopic (exact) mass is 237 g/mol. The van der Waals surface area contributed by atoms with E-state index >= 15 is 0 Å². The van der Waals surface area contributed by atoms with Gasteiger partial charge in [-0.1, -0.05) is 23.7 Å². The molecule has 0 aliphatic carbocycles. The smallest absolute Gasteiger partial charge is 0.207 e. The lowest BCUT2D eigenvalue weighted by Crippen LogP contribution is -2.40. The van der Waals surface area contributed by atoms with Crippen LogP contribution in [0.4, 0.5) is 5.69 Å². The molecule has 5 heteroatoms. The average molecular weight is 238 g/mol. The molecular weight excluding hydrogens is 226 g/mol. The van der Waals surface area contributed by atoms with Crippen molar-refractivity contribution >= 4 is 23.7 Å². The quantitative estimate of drug-likeness (QED) is 0.768. The molecule has 0 fully saturated rings. The Morgan fingerprint density at radius 1 is 1.50 bits per heavy atom. The van der Waals surface area contributed by atoms with Crippen molar-refractivity contribution in [3.63, 3.8) is 0 Å². The first kappa shape index (κ1) is 12.3. The lowest BCUT2D eigenvalue weighted by Gasteiger charge is -2.19. The van der Waals surface area contributed by atoms with E-state index in [1.54, 1.807) is 19.1 Å². The first-order valence-corrected chi connectivity index (χ1v) is 5.17. The van der Waals surface area contributed by atoms with E-state index in [2.05, 4.69) is 16.7 Å². The lowest BCUT2D eigenvalue weighted by atomic mass is 10.1. The van der Waals surface area contributed by atoms with E-state index in [0.717, 1.165) is 0 Å². The number of rotatable bonds is 5. The molecule has 1 rings (SSSR count). The number of benzene rings is 1. The van der Waals surface area contributed by atoms with Gasteiger partial charge in [0.05, 0.1) is 22.8 Å². The number of carbonyl (C=O) groups excluding carboxylic acids is 1. The molecule has 0 spiro atoms. The van der Waals surface area contributed by atoms with Gasteiger partial charge in [-0.15, -0.1) is 0 Å². The maximum Gasteiger partial charge on any atom is 0.207 e. The Morgan fingerprint density at radius 2 is 2.19 bits per heavy atom. The molecule has 0 heterocycles. The van der Waals surface area contributed by atoms with Crippen molar-refractivity contribution in [1.82, 2.24) is 5.32 Å². The third-order valence-corrected chi connectivity index (χ3v) is 2.48. The van der Waals surface area contributed by atoms with Crippen molar-refractivity contribution in [3.8, 4) is 6.07 Å². The Morgan fingerprint density at radius 3 is 2.75 bits per heavy atom. The summed E-state index contributed by atoms with van der Waals surface area (Å²) in [5.74, 6) is 0. The van der Waals surface area contributed by atoms with Gasteiger partial charge < -0.3 is 10.6 Å². The first-order chi connectivity index (χ1) is 7.69. The van der Waals surface area contributed by atoms with Crippen LogP contribution in [0, 0.1) is 11.3 Å². The molecule has 2 N–H and O–H groups in total. The number of anilines is 1. The Labute approximate surface area is 99.2 Å². The highest BCUT2D eigenvalue weighted by Gasteiger charge is 2.16. The zero-order chi connectivity index (χ0) is 12.0. The van der Waals surface area contributed by atoms with Crippen LogP contribution in [0.25, 0.3) is 0 Å². The standard InChI is InChI=1S/C11H12ClN3O/c1-8(14-7-16)11(6-13)15-10-5-3-2-4-9(10)12/h2-5,7-8,11,15H,1H3,(H,14,16). The second-order valence-electron chi connectivity index (χ2n) is 3.30. The summed E-state index contributed by atoms with van der Waals surface area (Å²) in [7, 11) is 0. The van der Waals surface area contributed by atoms with Crippen LogP contribution in [-0.4, -0.2) is 18.5 Å². The van der Waals surface area contributed by atoms with E-state index in [0.29, 0.717) is 17.1 Å². The van der Waals surface area contributed by atoms with Crippen LogP contribution in [0.15, 0.2) is 24.3 Å². The summed E-state index contributed by atoms with van der Waals surface area (Å²) in [5.41, 5.74) is 0.676. The molecule has 2 atom stereocenters. The van der Waals surface area contributed by atoms with Crippen LogP contribution in [0.1, 0.15) is 6.92 Å². The lowest BCUT2D eigenvalue weighted by molar-refractivity contribution is -0.110. The second-order valence-corrected chi connectivity index (χ2v) is 3.71. The molecule has 0 saturated carbocycles. The van der Waals surface area contributed by atoms with Gasteiger partial charge in [0, 0.05) is 0 Å². The fourth-order valence-electron chi connectivity index (χ4n) is 1.22. The van der Waals surface area contributed by atoms with Gasteiger partial charge in [-0.3, -0.25) is 4.79 Å². The fraction of sp³-hybridized carbons (Fsp3) is 0.273. The summed E-state index contributed by atoms with van der Waals surface area (Å²) in [6, 6.07) is 8.39. The molecule has 4 nitrogen and oxygen atoms in total. The largest absolute Gasteiger partial charge is 0.367 e. The molecule has 0 radical (unpaired) electrons. The summed E-state index contributed by atoms with van der Waals surface area (Å²) < 4.78 is 0. The van der Waals surface area contributed by atoms with Gasteiger partial charge in [0.1, 0.15) is 6.04 Å². The molecule has 84 valence electrons. The number of nitriles is 1. The predicted octanol–water partition coefficient (Wildman–Crippen LogP) is 1.78. The third kappa shape index (κ3) is 3.14. The molecule has 16 heavy (non-hydrogen) atoms. The van der Waals surface area contributed by atoms with Crippen molar-refractivity contribution in [2.24, 2.45) is 0 Å². The molecule has 0 aliphatic rings. The van der Waals surface area contributed by atoms with Gasteiger partial charge in [-0.05, 0) is 19.1 Å². The molecule has 0 saturated heterocycles. The van der Waals surface area contributed by atoms with Crippen LogP contribution in [-0.2, 0) is 4.79 Å². The van der Waals surface area contributed by atoms with Crippen LogP contribution in [0.5, 0.6) is 0 Å². The summed E-state index contributed by atoms with van der Waals surface area (Å²) in [5, 5.41) is 15.0. The van der Waals surface area contributed by atoms with E-state index in [1.807, 2.05) is 12.1 Å². The summed E-state index contributed by atoms with van der Waals surface area (Å²) in [6.07, 6.45) is 0.573. The SMILES string of the molecule is CC(NC=O)C(C#N)Nc1ccccc1Cl. The average Bonchev–Trinajstić information content (AvgIpc) is 2.28. The minimum absolute atomic E-state index is 0.293. The van der Waals surface area contributed by atoms with E-state index in [9.17, 15) is 4.79 Å². The number of carbonyl (C=O) groups is 1. The van der Waals surface area contributed by atoms with Crippen LogP contribution in [0.3, 0.4) is 0 Å². The maximum atomic E-state index is 10.3. The van der Waals surface area contributed by atoms with Crippen LogP contribution >= 0.6 is 11.6 Å². The molecule has 0 aliphatic heterocycles. The van der Waals surface area contributed by atoms with Gasteiger partial charge in [0.15, 0.2) is 0 Å². The third-order valence-electron chi connectivity index (χ3n) is 2.15. The van der Waals surface area contributed by atoms with E-state index < -0.39 is 6.04 Å². The van der Waals surface area contributed by atoms with Crippen LogP contribution in [0.2, 0.25) is 5.02 Å². The number of halogens is 1. The highest BCUT2D eigenvalue weighted by atomic mass is 35.5. The minimum Gasteiger partial charge on any atom is -0.367 e. The van der Waals surface area contributed by atoms with Gasteiger partial charge in [0.2, 0.25) is 6.41 Å². The normalized spacial score (nSPS) is 13.3. The van der Waals surface area contributed by atoms with Crippen molar-refractivity contribution in [2.45, 2.75) is 19.0 Å². The van der Waals surface area contributed by atoms with E-state index in [-0.39, 0.29) is 6.04 Å². The zero-order valence-corrected chi connectivity index (χ0v) is 9.53. The number of nitrogens with one attached hydrogen (secondary N) is 2. The molecule has 2 unspecified atom stereocenters.